The topological polar surface area (TPSA) is 42.2 Å². The molecule has 3 nitrogen and oxygen atoms in total. The zero-order chi connectivity index (χ0) is 17.5. The van der Waals surface area contributed by atoms with E-state index < -0.39 is 0 Å². The molecule has 0 aliphatic carbocycles. The van der Waals surface area contributed by atoms with Crippen molar-refractivity contribution in [3.8, 4) is 28.7 Å². The molecule has 4 heteroatoms. The van der Waals surface area contributed by atoms with E-state index in [-0.39, 0.29) is 0 Å². The molecule has 0 saturated heterocycles. The molecule has 3 aromatic rings. The van der Waals surface area contributed by atoms with Crippen LogP contribution in [0.4, 0.5) is 0 Å². The minimum Gasteiger partial charge on any atom is -0.490 e. The molecule has 0 spiro atoms. The lowest BCUT2D eigenvalue weighted by atomic mass is 10.1. The van der Waals surface area contributed by atoms with Crippen LogP contribution in [-0.4, -0.2) is 13.2 Å². The Labute approximate surface area is 155 Å². The third-order valence-electron chi connectivity index (χ3n) is 3.63. The number of hydrogen-bond donors (Lipinski definition) is 0. The van der Waals surface area contributed by atoms with Crippen LogP contribution in [0.15, 0.2) is 77.3 Å². The van der Waals surface area contributed by atoms with E-state index in [9.17, 15) is 0 Å². The van der Waals surface area contributed by atoms with E-state index in [1.54, 1.807) is 18.2 Å². The van der Waals surface area contributed by atoms with Crippen molar-refractivity contribution in [1.82, 2.24) is 0 Å². The smallest absolute Gasteiger partial charge is 0.133 e. The first kappa shape index (κ1) is 17.1. The molecule has 0 atom stereocenters. The largest absolute Gasteiger partial charge is 0.490 e. The van der Waals surface area contributed by atoms with E-state index in [0.717, 1.165) is 15.8 Å². The average Bonchev–Trinajstić information content (AvgIpc) is 2.67. The van der Waals surface area contributed by atoms with Gasteiger partial charge in [0.25, 0.3) is 0 Å². The van der Waals surface area contributed by atoms with Gasteiger partial charge in [0.2, 0.25) is 0 Å². The van der Waals surface area contributed by atoms with E-state index in [4.69, 9.17) is 14.7 Å². The predicted octanol–water partition coefficient (Wildman–Crippen LogP) is 5.45. The van der Waals surface area contributed by atoms with Gasteiger partial charge in [0, 0.05) is 0 Å². The maximum absolute atomic E-state index is 8.85. The molecular formula is C21H16BrNO2. The normalized spacial score (nSPS) is 10.1. The summed E-state index contributed by atoms with van der Waals surface area (Å²) in [6.07, 6.45) is 0. The average molecular weight is 394 g/mol. The maximum atomic E-state index is 8.85. The number of halogens is 1. The Kier molecular flexibility index (Phi) is 5.71. The summed E-state index contributed by atoms with van der Waals surface area (Å²) in [5.41, 5.74) is 2.93. The van der Waals surface area contributed by atoms with Gasteiger partial charge in [-0.3, -0.25) is 0 Å². The second kappa shape index (κ2) is 8.36. The number of hydrogen-bond acceptors (Lipinski definition) is 3. The lowest BCUT2D eigenvalue weighted by Gasteiger charge is -2.10. The maximum Gasteiger partial charge on any atom is 0.133 e. The van der Waals surface area contributed by atoms with Crippen molar-refractivity contribution in [2.24, 2.45) is 0 Å². The van der Waals surface area contributed by atoms with Gasteiger partial charge in [-0.25, -0.2) is 0 Å². The first-order chi connectivity index (χ1) is 12.3. The predicted molar refractivity (Wildman–Crippen MR) is 102 cm³/mol. The monoisotopic (exact) mass is 393 g/mol. The Morgan fingerprint density at radius 3 is 2.16 bits per heavy atom. The van der Waals surface area contributed by atoms with Crippen molar-refractivity contribution < 1.29 is 9.47 Å². The van der Waals surface area contributed by atoms with E-state index in [2.05, 4.69) is 34.1 Å². The van der Waals surface area contributed by atoms with Crippen molar-refractivity contribution >= 4 is 15.9 Å². The highest BCUT2D eigenvalue weighted by Gasteiger charge is 2.03. The summed E-state index contributed by atoms with van der Waals surface area (Å²) in [6.45, 7) is 0.863. The fourth-order valence-electron chi connectivity index (χ4n) is 2.37. The molecule has 0 unspecified atom stereocenters. The van der Waals surface area contributed by atoms with E-state index in [1.807, 2.05) is 42.5 Å². The van der Waals surface area contributed by atoms with Gasteiger partial charge in [0.15, 0.2) is 0 Å². The number of ether oxygens (including phenoxy) is 2. The third kappa shape index (κ3) is 4.62. The molecule has 124 valence electrons. The molecule has 0 bridgehead atoms. The molecule has 0 N–H and O–H groups in total. The summed E-state index contributed by atoms with van der Waals surface area (Å²) >= 11 is 3.40. The van der Waals surface area contributed by atoms with Gasteiger partial charge in [-0.1, -0.05) is 42.5 Å². The molecule has 0 saturated carbocycles. The van der Waals surface area contributed by atoms with Crippen LogP contribution in [0, 0.1) is 11.3 Å². The van der Waals surface area contributed by atoms with Gasteiger partial charge in [0.05, 0.1) is 16.1 Å². The Bertz CT molecular complexity index is 871. The van der Waals surface area contributed by atoms with Gasteiger partial charge >= 0.3 is 0 Å². The van der Waals surface area contributed by atoms with Crippen molar-refractivity contribution in [3.63, 3.8) is 0 Å². The lowest BCUT2D eigenvalue weighted by molar-refractivity contribution is 0.216. The Morgan fingerprint density at radius 1 is 0.800 bits per heavy atom. The van der Waals surface area contributed by atoms with Gasteiger partial charge in [-0.05, 0) is 57.4 Å². The van der Waals surface area contributed by atoms with Crippen LogP contribution >= 0.6 is 15.9 Å². The van der Waals surface area contributed by atoms with Crippen molar-refractivity contribution in [2.75, 3.05) is 13.2 Å². The molecule has 0 aliphatic rings. The summed E-state index contributed by atoms with van der Waals surface area (Å²) < 4.78 is 12.1. The van der Waals surface area contributed by atoms with E-state index >= 15 is 0 Å². The highest BCUT2D eigenvalue weighted by Crippen LogP contribution is 2.26. The van der Waals surface area contributed by atoms with Crippen LogP contribution in [0.25, 0.3) is 11.1 Å². The standard InChI is InChI=1S/C21H16BrNO2/c22-20-14-16(15-23)6-11-21(20)25-13-12-24-19-9-7-18(8-10-19)17-4-2-1-3-5-17/h1-11,14H,12-13H2. The second-order valence-electron chi connectivity index (χ2n) is 5.34. The van der Waals surface area contributed by atoms with Gasteiger partial charge in [0.1, 0.15) is 24.7 Å². The van der Waals surface area contributed by atoms with E-state index in [0.29, 0.717) is 24.5 Å². The summed E-state index contributed by atoms with van der Waals surface area (Å²) in [5.74, 6) is 1.50. The molecule has 3 aromatic carbocycles. The van der Waals surface area contributed by atoms with Crippen LogP contribution in [0.5, 0.6) is 11.5 Å². The third-order valence-corrected chi connectivity index (χ3v) is 4.25. The molecular weight excluding hydrogens is 378 g/mol. The first-order valence-electron chi connectivity index (χ1n) is 7.87. The zero-order valence-corrected chi connectivity index (χ0v) is 15.1. The van der Waals surface area contributed by atoms with Crippen LogP contribution in [0.1, 0.15) is 5.56 Å². The number of nitrogens with zero attached hydrogens (tertiary/aromatic N) is 1. The van der Waals surface area contributed by atoms with Crippen LogP contribution in [-0.2, 0) is 0 Å². The van der Waals surface area contributed by atoms with Gasteiger partial charge in [-0.15, -0.1) is 0 Å². The summed E-state index contributed by atoms with van der Waals surface area (Å²) in [4.78, 5) is 0. The van der Waals surface area contributed by atoms with Crippen molar-refractivity contribution in [3.05, 3.63) is 82.8 Å². The number of nitriles is 1. The second-order valence-corrected chi connectivity index (χ2v) is 6.20. The van der Waals surface area contributed by atoms with Crippen molar-refractivity contribution in [2.45, 2.75) is 0 Å². The number of rotatable bonds is 6. The van der Waals surface area contributed by atoms with Crippen molar-refractivity contribution in [1.29, 1.82) is 5.26 Å². The molecule has 0 heterocycles. The molecule has 0 amide bonds. The SMILES string of the molecule is N#Cc1ccc(OCCOc2ccc(-c3ccccc3)cc2)c(Br)c1. The summed E-state index contributed by atoms with van der Waals surface area (Å²) in [7, 11) is 0. The molecule has 0 aromatic heterocycles. The minimum atomic E-state index is 0.422. The van der Waals surface area contributed by atoms with Crippen LogP contribution in [0.3, 0.4) is 0 Å². The molecule has 0 fully saturated rings. The summed E-state index contributed by atoms with van der Waals surface area (Å²) in [5, 5.41) is 8.85. The number of benzene rings is 3. The molecule has 0 aliphatic heterocycles. The highest BCUT2D eigenvalue weighted by atomic mass is 79.9. The Hall–Kier alpha value is -2.77. The first-order valence-corrected chi connectivity index (χ1v) is 8.66. The fourth-order valence-corrected chi connectivity index (χ4v) is 2.87. The van der Waals surface area contributed by atoms with Gasteiger partial charge < -0.3 is 9.47 Å². The summed E-state index contributed by atoms with van der Waals surface area (Å²) in [6, 6.07) is 25.6. The molecule has 25 heavy (non-hydrogen) atoms. The quantitative estimate of drug-likeness (QED) is 0.523. The zero-order valence-electron chi connectivity index (χ0n) is 13.5. The van der Waals surface area contributed by atoms with E-state index in [1.165, 1.54) is 5.56 Å². The van der Waals surface area contributed by atoms with Gasteiger partial charge in [-0.2, -0.15) is 5.26 Å². The minimum absolute atomic E-state index is 0.422. The Balaban J connectivity index is 1.50. The van der Waals surface area contributed by atoms with Crippen LogP contribution in [0.2, 0.25) is 0 Å². The lowest BCUT2D eigenvalue weighted by Crippen LogP contribution is -2.09. The molecule has 0 radical (unpaired) electrons. The Morgan fingerprint density at radius 2 is 1.48 bits per heavy atom. The molecule has 3 rings (SSSR count). The van der Waals surface area contributed by atoms with Crippen LogP contribution < -0.4 is 9.47 Å². The highest BCUT2D eigenvalue weighted by molar-refractivity contribution is 9.10. The fraction of sp³-hybridized carbons (Fsp3) is 0.0952.